The van der Waals surface area contributed by atoms with Gasteiger partial charge in [-0.3, -0.25) is 0 Å². The molecule has 0 radical (unpaired) electrons. The Kier molecular flexibility index (Phi) is 4.55. The number of aromatic nitrogens is 2. The van der Waals surface area contributed by atoms with Crippen LogP contribution in [-0.2, 0) is 16.4 Å². The van der Waals surface area contributed by atoms with Crippen LogP contribution in [0.15, 0.2) is 9.64 Å². The van der Waals surface area contributed by atoms with E-state index in [-0.39, 0.29) is 12.3 Å². The van der Waals surface area contributed by atoms with Gasteiger partial charge in [0.15, 0.2) is 0 Å². The minimum absolute atomic E-state index is 0.178. The fourth-order valence-electron chi connectivity index (χ4n) is 0.860. The maximum Gasteiger partial charge on any atom is 0.276 e. The second-order valence-electron chi connectivity index (χ2n) is 3.00. The van der Waals surface area contributed by atoms with Crippen LogP contribution in [0.25, 0.3) is 0 Å². The van der Waals surface area contributed by atoms with E-state index in [2.05, 4.69) is 10.2 Å². The largest absolute Gasteiger partial charge is 0.415 e. The van der Waals surface area contributed by atoms with E-state index in [1.807, 2.05) is 0 Å². The van der Waals surface area contributed by atoms with Crippen molar-refractivity contribution in [3.63, 3.8) is 0 Å². The Balaban J connectivity index is 2.26. The van der Waals surface area contributed by atoms with Crippen molar-refractivity contribution in [3.8, 4) is 0 Å². The Morgan fingerprint density at radius 1 is 1.47 bits per heavy atom. The predicted octanol–water partition coefficient (Wildman–Crippen LogP) is 0.0551. The average Bonchev–Trinajstić information content (AvgIpc) is 2.59. The molecular formula is C7H13N3O3S2. The number of sulfone groups is 1. The van der Waals surface area contributed by atoms with Gasteiger partial charge in [-0.25, -0.2) is 8.42 Å². The molecule has 0 amide bonds. The molecule has 0 aliphatic rings. The lowest BCUT2D eigenvalue weighted by Crippen LogP contribution is -2.03. The average molecular weight is 251 g/mol. The van der Waals surface area contributed by atoms with E-state index in [1.165, 1.54) is 18.0 Å². The molecule has 0 saturated carbocycles. The van der Waals surface area contributed by atoms with Gasteiger partial charge in [0.1, 0.15) is 9.84 Å². The van der Waals surface area contributed by atoms with E-state index in [9.17, 15) is 8.42 Å². The predicted molar refractivity (Wildman–Crippen MR) is 57.2 cm³/mol. The third-order valence-corrected chi connectivity index (χ3v) is 3.44. The highest BCUT2D eigenvalue weighted by atomic mass is 32.2. The first-order valence-corrected chi connectivity index (χ1v) is 7.39. The van der Waals surface area contributed by atoms with Gasteiger partial charge in [-0.2, -0.15) is 0 Å². The van der Waals surface area contributed by atoms with E-state index in [0.717, 1.165) is 0 Å². The molecule has 0 aliphatic heterocycles. The van der Waals surface area contributed by atoms with Crippen molar-refractivity contribution in [1.29, 1.82) is 0 Å². The Hall–Kier alpha value is -0.600. The third-order valence-electron chi connectivity index (χ3n) is 1.51. The molecule has 1 aromatic heterocycles. The van der Waals surface area contributed by atoms with Crippen molar-refractivity contribution in [2.75, 3.05) is 17.8 Å². The van der Waals surface area contributed by atoms with Crippen LogP contribution in [0.1, 0.15) is 12.3 Å². The van der Waals surface area contributed by atoms with Crippen LogP contribution in [0.2, 0.25) is 0 Å². The molecule has 2 N–H and O–H groups in total. The zero-order valence-electron chi connectivity index (χ0n) is 8.34. The minimum atomic E-state index is -2.88. The molecule has 8 heteroatoms. The number of nitrogens with two attached hydrogens (primary N) is 1. The van der Waals surface area contributed by atoms with Gasteiger partial charge in [0.25, 0.3) is 5.22 Å². The van der Waals surface area contributed by atoms with Gasteiger partial charge in [-0.1, -0.05) is 11.8 Å². The summed E-state index contributed by atoms with van der Waals surface area (Å²) in [6.07, 6.45) is 1.79. The zero-order valence-corrected chi connectivity index (χ0v) is 9.97. The summed E-state index contributed by atoms with van der Waals surface area (Å²) in [4.78, 5) is 0. The summed E-state index contributed by atoms with van der Waals surface area (Å²) in [5.41, 5.74) is 5.29. The summed E-state index contributed by atoms with van der Waals surface area (Å²) in [7, 11) is -2.88. The zero-order chi connectivity index (χ0) is 11.3. The maximum atomic E-state index is 10.8. The number of hydrogen-bond donors (Lipinski definition) is 1. The highest BCUT2D eigenvalue weighted by molar-refractivity contribution is 7.99. The molecule has 6 nitrogen and oxygen atoms in total. The Labute approximate surface area is 92.5 Å². The smallest absolute Gasteiger partial charge is 0.276 e. The van der Waals surface area contributed by atoms with Crippen LogP contribution in [0.4, 0.5) is 0 Å². The first-order valence-electron chi connectivity index (χ1n) is 4.34. The summed E-state index contributed by atoms with van der Waals surface area (Å²) in [6, 6.07) is 0. The maximum absolute atomic E-state index is 10.8. The highest BCUT2D eigenvalue weighted by Crippen LogP contribution is 2.16. The topological polar surface area (TPSA) is 99.1 Å². The Bertz CT molecular complexity index is 401. The molecule has 1 rings (SSSR count). The molecule has 15 heavy (non-hydrogen) atoms. The lowest BCUT2D eigenvalue weighted by atomic mass is 10.6. The van der Waals surface area contributed by atoms with Gasteiger partial charge < -0.3 is 10.2 Å². The van der Waals surface area contributed by atoms with Gasteiger partial charge in [0, 0.05) is 12.0 Å². The SMILES string of the molecule is CS(=O)(=O)CCCSc1nnc(CN)o1. The number of rotatable bonds is 6. The van der Waals surface area contributed by atoms with Crippen LogP contribution in [-0.4, -0.2) is 36.4 Å². The summed E-state index contributed by atoms with van der Waals surface area (Å²) >= 11 is 1.34. The second-order valence-corrected chi connectivity index (χ2v) is 6.30. The molecule has 0 atom stereocenters. The van der Waals surface area contributed by atoms with Crippen molar-refractivity contribution >= 4 is 21.6 Å². The fraction of sp³-hybridized carbons (Fsp3) is 0.714. The van der Waals surface area contributed by atoms with E-state index < -0.39 is 9.84 Å². The Morgan fingerprint density at radius 3 is 2.73 bits per heavy atom. The van der Waals surface area contributed by atoms with Crippen LogP contribution >= 0.6 is 11.8 Å². The van der Waals surface area contributed by atoms with Crippen molar-refractivity contribution in [2.45, 2.75) is 18.2 Å². The Morgan fingerprint density at radius 2 is 2.20 bits per heavy atom. The molecular weight excluding hydrogens is 238 g/mol. The molecule has 86 valence electrons. The molecule has 1 heterocycles. The fourth-order valence-corrected chi connectivity index (χ4v) is 2.43. The molecule has 0 aromatic carbocycles. The quantitative estimate of drug-likeness (QED) is 0.563. The highest BCUT2D eigenvalue weighted by Gasteiger charge is 2.06. The lowest BCUT2D eigenvalue weighted by Gasteiger charge is -1.95. The summed E-state index contributed by atoms with van der Waals surface area (Å²) in [5, 5.41) is 7.85. The number of nitrogens with zero attached hydrogens (tertiary/aromatic N) is 2. The van der Waals surface area contributed by atoms with Crippen molar-refractivity contribution in [1.82, 2.24) is 10.2 Å². The van der Waals surface area contributed by atoms with E-state index in [1.54, 1.807) is 0 Å². The van der Waals surface area contributed by atoms with E-state index in [0.29, 0.717) is 23.3 Å². The van der Waals surface area contributed by atoms with Gasteiger partial charge in [0.05, 0.1) is 12.3 Å². The van der Waals surface area contributed by atoms with Gasteiger partial charge in [-0.15, -0.1) is 10.2 Å². The van der Waals surface area contributed by atoms with Gasteiger partial charge in [0.2, 0.25) is 5.89 Å². The third kappa shape index (κ3) is 5.14. The van der Waals surface area contributed by atoms with E-state index in [4.69, 9.17) is 10.2 Å². The van der Waals surface area contributed by atoms with Crippen LogP contribution in [0.3, 0.4) is 0 Å². The monoisotopic (exact) mass is 251 g/mol. The van der Waals surface area contributed by atoms with E-state index >= 15 is 0 Å². The van der Waals surface area contributed by atoms with Crippen molar-refractivity contribution < 1.29 is 12.8 Å². The molecule has 0 aliphatic carbocycles. The summed E-state index contributed by atoms with van der Waals surface area (Å²) in [6.45, 7) is 0.219. The number of thioether (sulfide) groups is 1. The molecule has 1 aromatic rings. The summed E-state index contributed by atoms with van der Waals surface area (Å²) < 4.78 is 26.8. The molecule has 0 fully saturated rings. The second kappa shape index (κ2) is 5.47. The summed E-state index contributed by atoms with van der Waals surface area (Å²) in [5.74, 6) is 1.21. The van der Waals surface area contributed by atoms with Crippen molar-refractivity contribution in [3.05, 3.63) is 5.89 Å². The minimum Gasteiger partial charge on any atom is -0.415 e. The molecule has 0 unspecified atom stereocenters. The molecule has 0 saturated heterocycles. The molecule has 0 bridgehead atoms. The standard InChI is InChI=1S/C7H13N3O3S2/c1-15(11,12)4-2-3-14-7-10-9-6(5-8)13-7/h2-5,8H2,1H3. The molecule has 0 spiro atoms. The van der Waals surface area contributed by atoms with Crippen LogP contribution in [0, 0.1) is 0 Å². The first-order chi connectivity index (χ1) is 7.01. The normalized spacial score (nSPS) is 11.9. The number of hydrogen-bond acceptors (Lipinski definition) is 7. The van der Waals surface area contributed by atoms with Crippen LogP contribution < -0.4 is 5.73 Å². The lowest BCUT2D eigenvalue weighted by molar-refractivity contribution is 0.415. The first kappa shape index (κ1) is 12.5. The van der Waals surface area contributed by atoms with Crippen LogP contribution in [0.5, 0.6) is 0 Å². The van der Waals surface area contributed by atoms with Gasteiger partial charge >= 0.3 is 0 Å². The van der Waals surface area contributed by atoms with Gasteiger partial charge in [-0.05, 0) is 6.42 Å². The van der Waals surface area contributed by atoms with Crippen molar-refractivity contribution in [2.24, 2.45) is 5.73 Å².